The highest BCUT2D eigenvalue weighted by Crippen LogP contribution is 2.38. The predicted octanol–water partition coefficient (Wildman–Crippen LogP) is 3.35. The van der Waals surface area contributed by atoms with Crippen LogP contribution in [-0.2, 0) is 14.3 Å². The first-order chi connectivity index (χ1) is 19.1. The SMILES string of the molecule is COCCC(C(=O)NC1(C)C=CC(C(N)=O)=C(F)C1)n1cc(OC)c(-c2cc(Cl)ccc2-c2nnco2)cc1=O. The summed E-state index contributed by atoms with van der Waals surface area (Å²) in [6.07, 6.45) is 5.17. The van der Waals surface area contributed by atoms with Crippen LogP contribution in [0.2, 0.25) is 5.02 Å². The zero-order valence-electron chi connectivity index (χ0n) is 21.9. The van der Waals surface area contributed by atoms with Gasteiger partial charge in [-0.3, -0.25) is 19.0 Å². The average Bonchev–Trinajstić information content (AvgIpc) is 3.43. The Kier molecular flexibility index (Phi) is 8.50. The lowest BCUT2D eigenvalue weighted by molar-refractivity contribution is -0.126. The summed E-state index contributed by atoms with van der Waals surface area (Å²) >= 11 is 6.27. The summed E-state index contributed by atoms with van der Waals surface area (Å²) in [7, 11) is 2.89. The molecule has 3 aromatic rings. The van der Waals surface area contributed by atoms with Crippen molar-refractivity contribution >= 4 is 23.4 Å². The van der Waals surface area contributed by atoms with Crippen LogP contribution in [0.3, 0.4) is 0 Å². The molecule has 0 saturated heterocycles. The largest absolute Gasteiger partial charge is 0.495 e. The second-order valence-corrected chi connectivity index (χ2v) is 9.77. The van der Waals surface area contributed by atoms with Gasteiger partial charge in [0.15, 0.2) is 0 Å². The van der Waals surface area contributed by atoms with E-state index in [2.05, 4.69) is 15.5 Å². The molecule has 1 aliphatic carbocycles. The number of hydrogen-bond donors (Lipinski definition) is 2. The lowest BCUT2D eigenvalue weighted by atomic mass is 9.89. The molecule has 2 heterocycles. The fourth-order valence-corrected chi connectivity index (χ4v) is 4.66. The number of carbonyl (C=O) groups excluding carboxylic acids is 2. The number of pyridine rings is 1. The molecule has 11 nitrogen and oxygen atoms in total. The Hall–Kier alpha value is -4.29. The van der Waals surface area contributed by atoms with Gasteiger partial charge in [0.25, 0.3) is 11.5 Å². The number of benzene rings is 1. The molecule has 13 heteroatoms. The van der Waals surface area contributed by atoms with Crippen LogP contribution in [0.1, 0.15) is 25.8 Å². The van der Waals surface area contributed by atoms with Crippen LogP contribution in [0.25, 0.3) is 22.6 Å². The fraction of sp³-hybridized carbons (Fsp3) is 0.296. The number of aromatic nitrogens is 3. The molecule has 2 unspecified atom stereocenters. The van der Waals surface area contributed by atoms with Crippen molar-refractivity contribution in [3.8, 4) is 28.3 Å². The van der Waals surface area contributed by atoms with Crippen molar-refractivity contribution < 1.29 is 27.9 Å². The fourth-order valence-electron chi connectivity index (χ4n) is 4.49. The Balaban J connectivity index is 1.73. The minimum absolute atomic E-state index is 0.125. The third kappa shape index (κ3) is 5.97. The number of ether oxygens (including phenoxy) is 2. The molecule has 210 valence electrons. The van der Waals surface area contributed by atoms with Crippen molar-refractivity contribution in [2.45, 2.75) is 31.3 Å². The summed E-state index contributed by atoms with van der Waals surface area (Å²) in [4.78, 5) is 38.5. The van der Waals surface area contributed by atoms with Crippen LogP contribution < -0.4 is 21.3 Å². The van der Waals surface area contributed by atoms with Gasteiger partial charge in [-0.1, -0.05) is 17.7 Å². The van der Waals surface area contributed by atoms with E-state index < -0.39 is 34.8 Å². The minimum atomic E-state index is -1.17. The molecule has 0 fully saturated rings. The maximum atomic E-state index is 14.6. The smallest absolute Gasteiger partial charge is 0.252 e. The highest BCUT2D eigenvalue weighted by Gasteiger charge is 2.34. The second-order valence-electron chi connectivity index (χ2n) is 9.33. The van der Waals surface area contributed by atoms with Crippen molar-refractivity contribution in [2.24, 2.45) is 5.73 Å². The Labute approximate surface area is 233 Å². The quantitative estimate of drug-likeness (QED) is 0.376. The predicted molar refractivity (Wildman–Crippen MR) is 144 cm³/mol. The van der Waals surface area contributed by atoms with Crippen LogP contribution in [0.4, 0.5) is 4.39 Å². The maximum absolute atomic E-state index is 14.6. The van der Waals surface area contributed by atoms with Gasteiger partial charge in [-0.15, -0.1) is 10.2 Å². The van der Waals surface area contributed by atoms with E-state index in [0.29, 0.717) is 21.7 Å². The number of rotatable bonds is 10. The van der Waals surface area contributed by atoms with E-state index in [9.17, 15) is 18.8 Å². The van der Waals surface area contributed by atoms with Crippen molar-refractivity contribution in [3.63, 3.8) is 0 Å². The molecule has 0 aliphatic heterocycles. The van der Waals surface area contributed by atoms with Gasteiger partial charge in [-0.25, -0.2) is 4.39 Å². The van der Waals surface area contributed by atoms with Gasteiger partial charge in [0.05, 0.1) is 24.4 Å². The second kappa shape index (κ2) is 11.8. The first-order valence-corrected chi connectivity index (χ1v) is 12.5. The number of nitrogens with two attached hydrogens (primary N) is 1. The standard InChI is InChI=1S/C27H27ClFN5O6/c1-27(8-6-17(24(30)36)20(29)12-27)32-25(37)21(7-9-38-2)34-13-22(39-3)19(11-23(34)35)18-10-15(28)4-5-16(18)26-33-31-14-40-26/h4-6,8,10-11,13-14,21H,7,9,12H2,1-3H3,(H2,30,36)(H,32,37). The van der Waals surface area contributed by atoms with E-state index >= 15 is 0 Å². The maximum Gasteiger partial charge on any atom is 0.252 e. The molecule has 2 atom stereocenters. The molecule has 0 spiro atoms. The normalized spacial score (nSPS) is 17.5. The first kappa shape index (κ1) is 28.7. The monoisotopic (exact) mass is 571 g/mol. The average molecular weight is 572 g/mol. The van der Waals surface area contributed by atoms with E-state index in [1.165, 1.54) is 49.6 Å². The summed E-state index contributed by atoms with van der Waals surface area (Å²) in [5.41, 5.74) is 4.69. The highest BCUT2D eigenvalue weighted by molar-refractivity contribution is 6.31. The first-order valence-electron chi connectivity index (χ1n) is 12.1. The molecule has 2 aromatic heterocycles. The molecule has 1 aliphatic rings. The number of hydrogen-bond acceptors (Lipinski definition) is 8. The van der Waals surface area contributed by atoms with Gasteiger partial charge in [-0.2, -0.15) is 0 Å². The number of amides is 2. The van der Waals surface area contributed by atoms with Crippen LogP contribution in [0.15, 0.2) is 69.6 Å². The zero-order chi connectivity index (χ0) is 29.0. The van der Waals surface area contributed by atoms with Crippen molar-refractivity contribution in [2.75, 3.05) is 20.8 Å². The summed E-state index contributed by atoms with van der Waals surface area (Å²) < 4.78 is 31.9. The molecular formula is C27H27ClFN5O6. The summed E-state index contributed by atoms with van der Waals surface area (Å²) in [5, 5.41) is 10.9. The lowest BCUT2D eigenvalue weighted by Crippen LogP contribution is -2.49. The van der Waals surface area contributed by atoms with Gasteiger partial charge in [-0.05, 0) is 36.8 Å². The van der Waals surface area contributed by atoms with Gasteiger partial charge >= 0.3 is 0 Å². The number of methoxy groups -OCH3 is 2. The molecule has 3 N–H and O–H groups in total. The Morgan fingerprint density at radius 1 is 1.27 bits per heavy atom. The van der Waals surface area contributed by atoms with Crippen LogP contribution in [0, 0.1) is 0 Å². The Morgan fingerprint density at radius 2 is 2.05 bits per heavy atom. The Bertz CT molecular complexity index is 1550. The van der Waals surface area contributed by atoms with Gasteiger partial charge in [0, 0.05) is 48.8 Å². The van der Waals surface area contributed by atoms with Crippen molar-refractivity contribution in [1.29, 1.82) is 0 Å². The van der Waals surface area contributed by atoms with Crippen LogP contribution in [0.5, 0.6) is 5.75 Å². The molecule has 40 heavy (non-hydrogen) atoms. The summed E-state index contributed by atoms with van der Waals surface area (Å²) in [6.45, 7) is 1.74. The van der Waals surface area contributed by atoms with Gasteiger partial charge in [0.1, 0.15) is 17.6 Å². The lowest BCUT2D eigenvalue weighted by Gasteiger charge is -2.32. The van der Waals surface area contributed by atoms with Crippen LogP contribution >= 0.6 is 11.6 Å². The molecule has 0 saturated carbocycles. The van der Waals surface area contributed by atoms with E-state index in [1.807, 2.05) is 0 Å². The molecule has 0 radical (unpaired) electrons. The zero-order valence-corrected chi connectivity index (χ0v) is 22.7. The van der Waals surface area contributed by atoms with Gasteiger partial charge < -0.3 is 24.9 Å². The third-order valence-corrected chi connectivity index (χ3v) is 6.70. The molecule has 0 bridgehead atoms. The number of nitrogens with one attached hydrogen (secondary N) is 1. The van der Waals surface area contributed by atoms with E-state index in [0.717, 1.165) is 0 Å². The van der Waals surface area contributed by atoms with E-state index in [1.54, 1.807) is 25.1 Å². The molecule has 4 rings (SSSR count). The summed E-state index contributed by atoms with van der Waals surface area (Å²) in [6, 6.07) is 5.24. The number of nitrogens with zero attached hydrogens (tertiary/aromatic N) is 3. The number of halogens is 2. The topological polar surface area (TPSA) is 152 Å². The van der Waals surface area contributed by atoms with Crippen molar-refractivity contribution in [1.82, 2.24) is 20.1 Å². The van der Waals surface area contributed by atoms with E-state index in [4.69, 9.17) is 31.2 Å². The molecular weight excluding hydrogens is 545 g/mol. The minimum Gasteiger partial charge on any atom is -0.495 e. The Morgan fingerprint density at radius 3 is 2.67 bits per heavy atom. The number of carbonyl (C=O) groups is 2. The van der Waals surface area contributed by atoms with E-state index in [-0.39, 0.29) is 36.7 Å². The summed E-state index contributed by atoms with van der Waals surface area (Å²) in [5.74, 6) is -1.73. The highest BCUT2D eigenvalue weighted by atomic mass is 35.5. The van der Waals surface area contributed by atoms with Crippen LogP contribution in [-0.4, -0.2) is 52.9 Å². The van der Waals surface area contributed by atoms with Gasteiger partial charge in [0.2, 0.25) is 18.2 Å². The molecule has 1 aromatic carbocycles. The molecule has 2 amide bonds. The number of primary amides is 1. The third-order valence-electron chi connectivity index (χ3n) is 6.47. The van der Waals surface area contributed by atoms with Crippen molar-refractivity contribution in [3.05, 3.63) is 75.8 Å².